The number of imidazole rings is 1. The quantitative estimate of drug-likeness (QED) is 0.370. The van der Waals surface area contributed by atoms with Gasteiger partial charge in [0.1, 0.15) is 0 Å². The first-order valence-electron chi connectivity index (χ1n) is 9.21. The number of guanidine groups is 1. The summed E-state index contributed by atoms with van der Waals surface area (Å²) in [5.41, 5.74) is 3.03. The smallest absolute Gasteiger partial charge is 0.191 e. The van der Waals surface area contributed by atoms with Gasteiger partial charge in [-0.1, -0.05) is 37.6 Å². The summed E-state index contributed by atoms with van der Waals surface area (Å²) in [6.07, 6.45) is 10.9. The Bertz CT molecular complexity index is 669. The summed E-state index contributed by atoms with van der Waals surface area (Å²) in [5.74, 6) is 0.891. The second-order valence-electron chi connectivity index (χ2n) is 7.04. The summed E-state index contributed by atoms with van der Waals surface area (Å²) < 4.78 is 2.07. The van der Waals surface area contributed by atoms with Crippen LogP contribution in [-0.4, -0.2) is 29.1 Å². The number of aromatic nitrogens is 2. The molecule has 1 aromatic heterocycles. The molecule has 1 fully saturated rings. The Morgan fingerprint density at radius 1 is 1.19 bits per heavy atom. The molecule has 0 unspecified atom stereocenters. The summed E-state index contributed by atoms with van der Waals surface area (Å²) in [5, 5.41) is 6.92. The fraction of sp³-hybridized carbons (Fsp3) is 0.500. The van der Waals surface area contributed by atoms with Gasteiger partial charge in [0.05, 0.1) is 6.33 Å². The number of nitrogens with zero attached hydrogens (tertiary/aromatic N) is 3. The van der Waals surface area contributed by atoms with E-state index in [1.165, 1.54) is 36.8 Å². The van der Waals surface area contributed by atoms with Crippen LogP contribution in [0.2, 0.25) is 0 Å². The third kappa shape index (κ3) is 5.46. The number of halogens is 1. The van der Waals surface area contributed by atoms with Crippen LogP contribution in [0.4, 0.5) is 0 Å². The molecule has 1 aliphatic rings. The fourth-order valence-corrected chi connectivity index (χ4v) is 3.36. The standard InChI is InChI=1S/C20H29N5.HI/c1-3-20(9-4-10-20)15-24-19(21-2)23-13-17-5-7-18(8-6-17)14-25-12-11-22-16-25;/h5-8,11-12,16H,3-4,9-10,13-15H2,1-2H3,(H2,21,23,24);1H. The molecule has 142 valence electrons. The molecule has 1 aromatic carbocycles. The van der Waals surface area contributed by atoms with Crippen molar-refractivity contribution in [2.45, 2.75) is 45.7 Å². The SMILES string of the molecule is CCC1(CNC(=NC)NCc2ccc(Cn3ccnc3)cc2)CCC1.I. The van der Waals surface area contributed by atoms with E-state index in [0.29, 0.717) is 5.41 Å². The highest BCUT2D eigenvalue weighted by molar-refractivity contribution is 14.0. The highest BCUT2D eigenvalue weighted by Gasteiger charge is 2.34. The molecule has 0 bridgehead atoms. The van der Waals surface area contributed by atoms with Gasteiger partial charge in [0.25, 0.3) is 0 Å². The normalized spacial score (nSPS) is 15.7. The Balaban J connectivity index is 0.00000243. The van der Waals surface area contributed by atoms with Crippen molar-refractivity contribution in [1.29, 1.82) is 0 Å². The van der Waals surface area contributed by atoms with Gasteiger partial charge in [0, 0.05) is 39.1 Å². The maximum Gasteiger partial charge on any atom is 0.191 e. The lowest BCUT2D eigenvalue weighted by molar-refractivity contribution is 0.131. The van der Waals surface area contributed by atoms with Crippen LogP contribution in [0.5, 0.6) is 0 Å². The minimum absolute atomic E-state index is 0. The van der Waals surface area contributed by atoms with Crippen LogP contribution in [0.15, 0.2) is 48.0 Å². The Kier molecular flexibility index (Phi) is 7.93. The first kappa shape index (κ1) is 20.7. The summed E-state index contributed by atoms with van der Waals surface area (Å²) in [7, 11) is 1.84. The van der Waals surface area contributed by atoms with Crippen LogP contribution in [0.3, 0.4) is 0 Å². The van der Waals surface area contributed by atoms with E-state index in [2.05, 4.69) is 56.4 Å². The lowest BCUT2D eigenvalue weighted by atomic mass is 9.67. The van der Waals surface area contributed by atoms with Crippen molar-refractivity contribution in [2.75, 3.05) is 13.6 Å². The minimum Gasteiger partial charge on any atom is -0.356 e. The number of benzene rings is 1. The van der Waals surface area contributed by atoms with Gasteiger partial charge in [0.15, 0.2) is 5.96 Å². The molecule has 26 heavy (non-hydrogen) atoms. The van der Waals surface area contributed by atoms with Crippen LogP contribution < -0.4 is 10.6 Å². The largest absolute Gasteiger partial charge is 0.356 e. The van der Waals surface area contributed by atoms with Gasteiger partial charge in [-0.05, 0) is 35.8 Å². The number of aliphatic imine (C=N–C) groups is 1. The number of hydrogen-bond acceptors (Lipinski definition) is 2. The molecule has 1 aliphatic carbocycles. The van der Waals surface area contributed by atoms with Gasteiger partial charge in [0.2, 0.25) is 0 Å². The van der Waals surface area contributed by atoms with E-state index in [1.54, 1.807) is 0 Å². The lowest BCUT2D eigenvalue weighted by Gasteiger charge is -2.41. The van der Waals surface area contributed by atoms with E-state index in [0.717, 1.165) is 25.6 Å². The highest BCUT2D eigenvalue weighted by atomic mass is 127. The van der Waals surface area contributed by atoms with E-state index < -0.39 is 0 Å². The van der Waals surface area contributed by atoms with Crippen molar-refractivity contribution in [3.8, 4) is 0 Å². The predicted octanol–water partition coefficient (Wildman–Crippen LogP) is 3.79. The van der Waals surface area contributed by atoms with Gasteiger partial charge >= 0.3 is 0 Å². The molecule has 5 nitrogen and oxygen atoms in total. The van der Waals surface area contributed by atoms with Crippen molar-refractivity contribution >= 4 is 29.9 Å². The van der Waals surface area contributed by atoms with Crippen molar-refractivity contribution in [3.05, 3.63) is 54.1 Å². The second-order valence-corrected chi connectivity index (χ2v) is 7.04. The number of nitrogens with one attached hydrogen (secondary N) is 2. The van der Waals surface area contributed by atoms with Crippen LogP contribution in [0.25, 0.3) is 0 Å². The predicted molar refractivity (Wildman–Crippen MR) is 118 cm³/mol. The summed E-state index contributed by atoms with van der Waals surface area (Å²) in [6, 6.07) is 8.69. The second kappa shape index (κ2) is 9.94. The molecular weight excluding hydrogens is 437 g/mol. The van der Waals surface area contributed by atoms with Gasteiger partial charge in [-0.25, -0.2) is 4.98 Å². The van der Waals surface area contributed by atoms with Crippen molar-refractivity contribution in [1.82, 2.24) is 20.2 Å². The van der Waals surface area contributed by atoms with Gasteiger partial charge in [-0.2, -0.15) is 0 Å². The molecule has 1 heterocycles. The molecule has 3 rings (SSSR count). The zero-order valence-corrected chi connectivity index (χ0v) is 18.1. The van der Waals surface area contributed by atoms with Crippen molar-refractivity contribution < 1.29 is 0 Å². The third-order valence-corrected chi connectivity index (χ3v) is 5.43. The summed E-state index contributed by atoms with van der Waals surface area (Å²) in [4.78, 5) is 8.43. The van der Waals surface area contributed by atoms with Crippen LogP contribution in [0.1, 0.15) is 43.7 Å². The molecule has 2 aromatic rings. The Morgan fingerprint density at radius 2 is 1.92 bits per heavy atom. The monoisotopic (exact) mass is 467 g/mol. The molecule has 0 spiro atoms. The molecule has 0 atom stereocenters. The Labute approximate surface area is 173 Å². The van der Waals surface area contributed by atoms with Crippen LogP contribution >= 0.6 is 24.0 Å². The third-order valence-electron chi connectivity index (χ3n) is 5.43. The first-order valence-corrected chi connectivity index (χ1v) is 9.21. The van der Waals surface area contributed by atoms with E-state index in [-0.39, 0.29) is 24.0 Å². The van der Waals surface area contributed by atoms with Gasteiger partial charge < -0.3 is 15.2 Å². The van der Waals surface area contributed by atoms with Crippen molar-refractivity contribution in [3.63, 3.8) is 0 Å². The minimum atomic E-state index is 0. The maximum absolute atomic E-state index is 4.35. The average Bonchev–Trinajstić information content (AvgIpc) is 3.11. The van der Waals surface area contributed by atoms with E-state index in [9.17, 15) is 0 Å². The Hall–Kier alpha value is -1.57. The number of hydrogen-bond donors (Lipinski definition) is 2. The van der Waals surface area contributed by atoms with Gasteiger partial charge in [-0.3, -0.25) is 4.99 Å². The molecule has 1 saturated carbocycles. The molecule has 2 N–H and O–H groups in total. The average molecular weight is 467 g/mol. The van der Waals surface area contributed by atoms with E-state index in [1.807, 2.05) is 25.8 Å². The number of rotatable bonds is 7. The Morgan fingerprint density at radius 3 is 2.46 bits per heavy atom. The molecule has 0 aliphatic heterocycles. The zero-order valence-electron chi connectivity index (χ0n) is 15.7. The highest BCUT2D eigenvalue weighted by Crippen LogP contribution is 2.42. The van der Waals surface area contributed by atoms with Gasteiger partial charge in [-0.15, -0.1) is 24.0 Å². The van der Waals surface area contributed by atoms with E-state index in [4.69, 9.17) is 0 Å². The fourth-order valence-electron chi connectivity index (χ4n) is 3.36. The maximum atomic E-state index is 4.35. The van der Waals surface area contributed by atoms with Crippen molar-refractivity contribution in [2.24, 2.45) is 10.4 Å². The van der Waals surface area contributed by atoms with Crippen LogP contribution in [0, 0.1) is 5.41 Å². The zero-order chi connectivity index (χ0) is 17.5. The summed E-state index contributed by atoms with van der Waals surface area (Å²) in [6.45, 7) is 4.95. The molecule has 0 radical (unpaired) electrons. The molecule has 0 amide bonds. The van der Waals surface area contributed by atoms with Crippen LogP contribution in [-0.2, 0) is 13.1 Å². The van der Waals surface area contributed by atoms with E-state index >= 15 is 0 Å². The molecular formula is C20H30IN5. The topological polar surface area (TPSA) is 54.2 Å². The first-order chi connectivity index (χ1) is 12.2. The lowest BCUT2D eigenvalue weighted by Crippen LogP contribution is -2.46. The molecule has 0 saturated heterocycles. The molecule has 6 heteroatoms. The summed E-state index contributed by atoms with van der Waals surface area (Å²) >= 11 is 0.